The van der Waals surface area contributed by atoms with Gasteiger partial charge in [-0.05, 0) is 98.0 Å². The van der Waals surface area contributed by atoms with Crippen molar-refractivity contribution in [3.05, 3.63) is 65.0 Å². The van der Waals surface area contributed by atoms with E-state index in [0.717, 1.165) is 62.0 Å². The number of alkyl halides is 2. The van der Waals surface area contributed by atoms with Crippen LogP contribution in [0.4, 0.5) is 18.9 Å². The summed E-state index contributed by atoms with van der Waals surface area (Å²) < 4.78 is 48.2. The van der Waals surface area contributed by atoms with Gasteiger partial charge in [0.1, 0.15) is 12.0 Å². The highest BCUT2D eigenvalue weighted by atomic mass is 19.1. The molecule has 0 bridgehead atoms. The minimum atomic E-state index is -0.810. The van der Waals surface area contributed by atoms with Crippen molar-refractivity contribution in [2.24, 2.45) is 23.2 Å². The first kappa shape index (κ1) is 36.2. The van der Waals surface area contributed by atoms with Crippen LogP contribution in [0.5, 0.6) is 0 Å². The van der Waals surface area contributed by atoms with Crippen LogP contribution < -0.4 is 10.2 Å². The van der Waals surface area contributed by atoms with Crippen LogP contribution >= 0.6 is 0 Å². The van der Waals surface area contributed by atoms with E-state index in [1.165, 1.54) is 20.1 Å². The Hall–Kier alpha value is -3.62. The number of hydrogen-bond acceptors (Lipinski definition) is 7. The van der Waals surface area contributed by atoms with Gasteiger partial charge in [0, 0.05) is 75.7 Å². The highest BCUT2D eigenvalue weighted by Crippen LogP contribution is 2.53. The first-order valence-electron chi connectivity index (χ1n) is 18.1. The number of nitrogens with one attached hydrogen (secondary N) is 1. The zero-order chi connectivity index (χ0) is 35.5. The molecule has 50 heavy (non-hydrogen) atoms. The summed E-state index contributed by atoms with van der Waals surface area (Å²) in [5, 5.41) is 12.7. The lowest BCUT2D eigenvalue weighted by Crippen LogP contribution is -2.63. The summed E-state index contributed by atoms with van der Waals surface area (Å²) in [6, 6.07) is 14.7. The normalized spacial score (nSPS) is 24.1. The molecule has 0 aromatic heterocycles. The van der Waals surface area contributed by atoms with Crippen molar-refractivity contribution < 1.29 is 27.5 Å². The van der Waals surface area contributed by atoms with Crippen LogP contribution in [-0.2, 0) is 26.3 Å². The smallest absolute Gasteiger partial charge is 0.305 e. The van der Waals surface area contributed by atoms with E-state index in [1.54, 1.807) is 12.1 Å². The maximum Gasteiger partial charge on any atom is 0.305 e. The lowest BCUT2D eigenvalue weighted by atomic mass is 9.57. The summed E-state index contributed by atoms with van der Waals surface area (Å²) in [7, 11) is 1.41. The van der Waals surface area contributed by atoms with Crippen molar-refractivity contribution in [3.8, 4) is 6.07 Å². The van der Waals surface area contributed by atoms with Crippen LogP contribution in [0.25, 0.3) is 0 Å². The Morgan fingerprint density at radius 2 is 1.84 bits per heavy atom. The molecule has 3 aliphatic heterocycles. The number of halogens is 3. The molecule has 0 radical (unpaired) electrons. The number of benzene rings is 2. The van der Waals surface area contributed by atoms with Crippen LogP contribution in [-0.4, -0.2) is 94.0 Å². The number of nitriles is 1. The van der Waals surface area contributed by atoms with E-state index < -0.39 is 23.7 Å². The van der Waals surface area contributed by atoms with Gasteiger partial charge in [-0.2, -0.15) is 5.26 Å². The zero-order valence-electron chi connectivity index (χ0n) is 29.3. The fourth-order valence-electron chi connectivity index (χ4n) is 9.58. The van der Waals surface area contributed by atoms with Crippen LogP contribution in [0, 0.1) is 40.3 Å². The highest BCUT2D eigenvalue weighted by Gasteiger charge is 2.53. The van der Waals surface area contributed by atoms with Gasteiger partial charge in [-0.15, -0.1) is 0 Å². The summed E-state index contributed by atoms with van der Waals surface area (Å²) in [6.45, 7) is 5.98. The Morgan fingerprint density at radius 1 is 1.08 bits per heavy atom. The average Bonchev–Trinajstić information content (AvgIpc) is 3.54. The Labute approximate surface area is 293 Å². The number of anilines is 1. The summed E-state index contributed by atoms with van der Waals surface area (Å²) in [5.74, 6) is -0.487. The molecule has 3 saturated heterocycles. The number of esters is 1. The number of hydrogen-bond donors (Lipinski definition) is 1. The topological polar surface area (TPSA) is 88.9 Å². The molecule has 1 saturated carbocycles. The predicted molar refractivity (Wildman–Crippen MR) is 185 cm³/mol. The lowest BCUT2D eigenvalue weighted by Gasteiger charge is -2.54. The molecular formula is C39H50F3N5O3. The van der Waals surface area contributed by atoms with E-state index in [4.69, 9.17) is 4.74 Å². The number of amides is 1. The molecule has 3 atom stereocenters. The van der Waals surface area contributed by atoms with E-state index in [1.807, 2.05) is 29.2 Å². The summed E-state index contributed by atoms with van der Waals surface area (Å²) in [5.41, 5.74) is 2.19. The highest BCUT2D eigenvalue weighted by molar-refractivity contribution is 5.73. The summed E-state index contributed by atoms with van der Waals surface area (Å²) in [4.78, 5) is 31.4. The van der Waals surface area contributed by atoms with Crippen molar-refractivity contribution >= 4 is 17.6 Å². The SMILES string of the molecule is COC(=O)C[C@H]1CCC[C@@H]1[C@](CNC(C)=O)(c1cccc(F)c1)C1CCN(CC2(CF)CN(c3ccc(C#N)c(CN4CC(F)C4)c3)C2)CC1. The molecule has 6 rings (SSSR count). The fourth-order valence-corrected chi connectivity index (χ4v) is 9.58. The van der Waals surface area contributed by atoms with Crippen LogP contribution in [0.2, 0.25) is 0 Å². The van der Waals surface area contributed by atoms with Gasteiger partial charge < -0.3 is 19.9 Å². The molecule has 1 aliphatic carbocycles. The number of methoxy groups -OCH3 is 1. The third-order valence-electron chi connectivity index (χ3n) is 12.1. The van der Waals surface area contributed by atoms with Crippen molar-refractivity contribution in [3.63, 3.8) is 0 Å². The molecule has 0 unspecified atom stereocenters. The number of nitrogens with zero attached hydrogens (tertiary/aromatic N) is 4. The minimum absolute atomic E-state index is 0.0565. The maximum absolute atomic E-state index is 14.9. The number of likely N-dealkylation sites (tertiary alicyclic amines) is 2. The molecule has 2 aromatic carbocycles. The average molecular weight is 694 g/mol. The Bertz CT molecular complexity index is 1560. The van der Waals surface area contributed by atoms with E-state index in [-0.39, 0.29) is 35.4 Å². The lowest BCUT2D eigenvalue weighted by molar-refractivity contribution is -0.142. The molecule has 11 heteroatoms. The summed E-state index contributed by atoms with van der Waals surface area (Å²) in [6.07, 6.45) is 3.80. The van der Waals surface area contributed by atoms with Crippen molar-refractivity contribution in [2.45, 2.75) is 63.6 Å². The van der Waals surface area contributed by atoms with Crippen molar-refractivity contribution in [2.75, 3.05) is 71.0 Å². The summed E-state index contributed by atoms with van der Waals surface area (Å²) >= 11 is 0. The molecule has 4 fully saturated rings. The van der Waals surface area contributed by atoms with Gasteiger partial charge >= 0.3 is 5.97 Å². The van der Waals surface area contributed by atoms with Gasteiger partial charge in [0.2, 0.25) is 5.91 Å². The second-order valence-electron chi connectivity index (χ2n) is 15.3. The van der Waals surface area contributed by atoms with Crippen LogP contribution in [0.3, 0.4) is 0 Å². The van der Waals surface area contributed by atoms with Crippen LogP contribution in [0.15, 0.2) is 42.5 Å². The maximum atomic E-state index is 14.9. The predicted octanol–water partition coefficient (Wildman–Crippen LogP) is 5.39. The molecule has 1 N–H and O–H groups in total. The van der Waals surface area contributed by atoms with Gasteiger partial charge in [0.15, 0.2) is 0 Å². The minimum Gasteiger partial charge on any atom is -0.469 e. The number of piperidine rings is 1. The van der Waals surface area contributed by atoms with Gasteiger partial charge in [0.25, 0.3) is 0 Å². The Morgan fingerprint density at radius 3 is 2.48 bits per heavy atom. The van der Waals surface area contributed by atoms with E-state index in [0.29, 0.717) is 57.8 Å². The quantitative estimate of drug-likeness (QED) is 0.282. The van der Waals surface area contributed by atoms with Crippen molar-refractivity contribution in [1.82, 2.24) is 15.1 Å². The first-order chi connectivity index (χ1) is 24.1. The Balaban J connectivity index is 1.17. The van der Waals surface area contributed by atoms with Gasteiger partial charge in [-0.3, -0.25) is 18.9 Å². The molecule has 270 valence electrons. The molecular weight excluding hydrogens is 643 g/mol. The number of ether oxygens (including phenoxy) is 1. The first-order valence-corrected chi connectivity index (χ1v) is 18.1. The monoisotopic (exact) mass is 693 g/mol. The van der Waals surface area contributed by atoms with E-state index in [2.05, 4.69) is 21.2 Å². The molecule has 8 nitrogen and oxygen atoms in total. The van der Waals surface area contributed by atoms with E-state index in [9.17, 15) is 28.0 Å². The van der Waals surface area contributed by atoms with Gasteiger partial charge in [-0.1, -0.05) is 18.6 Å². The third kappa shape index (κ3) is 7.52. The van der Waals surface area contributed by atoms with Crippen molar-refractivity contribution in [1.29, 1.82) is 5.26 Å². The van der Waals surface area contributed by atoms with Gasteiger partial charge in [-0.25, -0.2) is 8.78 Å². The molecule has 0 spiro atoms. The largest absolute Gasteiger partial charge is 0.469 e. The molecule has 1 amide bonds. The molecule has 4 aliphatic rings. The van der Waals surface area contributed by atoms with Gasteiger partial charge in [0.05, 0.1) is 25.4 Å². The number of rotatable bonds is 13. The van der Waals surface area contributed by atoms with Crippen LogP contribution in [0.1, 0.15) is 62.1 Å². The third-order valence-corrected chi connectivity index (χ3v) is 12.1. The number of carbonyl (C=O) groups excluding carboxylic acids is 2. The second kappa shape index (κ2) is 15.3. The number of carbonyl (C=O) groups is 2. The Kier molecular flexibility index (Phi) is 11.1. The second-order valence-corrected chi connectivity index (χ2v) is 15.3. The standard InChI is InChI=1S/C39H50F3N5O3/c1-27(48)44-23-39(32-6-4-7-33(41)17-32,36-8-3-5-28(36)16-37(49)50-2)31-11-13-45(14-12-31)24-38(22-40)25-47(26-38)35-10-9-29(18-43)30(15-35)19-46-20-34(42)21-46/h4,6-7,9-10,15,17,28,31,34,36H,3,5,8,11-14,16,19-26H2,1-2H3,(H,44,48)/t28-,36+,39+/m1/s1. The zero-order valence-corrected chi connectivity index (χ0v) is 29.3. The molecule has 2 aromatic rings. The fraction of sp³-hybridized carbons (Fsp3) is 0.615. The van der Waals surface area contributed by atoms with E-state index >= 15 is 0 Å². The molecule has 3 heterocycles.